The molecule has 0 aliphatic rings. The molecule has 0 radical (unpaired) electrons. The zero-order valence-corrected chi connectivity index (χ0v) is 10.4. The summed E-state index contributed by atoms with van der Waals surface area (Å²) < 4.78 is 0. The number of aryl methyl sites for hydroxylation is 1. The van der Waals surface area contributed by atoms with Gasteiger partial charge in [0.1, 0.15) is 11.6 Å². The highest BCUT2D eigenvalue weighted by atomic mass is 15.0. The van der Waals surface area contributed by atoms with E-state index in [2.05, 4.69) is 36.1 Å². The molecule has 0 aromatic carbocycles. The van der Waals surface area contributed by atoms with Crippen LogP contribution >= 0.6 is 0 Å². The predicted octanol–water partition coefficient (Wildman–Crippen LogP) is 3.04. The quantitative estimate of drug-likeness (QED) is 0.824. The smallest absolute Gasteiger partial charge is 0.134 e. The normalized spacial score (nSPS) is 10.8. The Kier molecular flexibility index (Phi) is 4.06. The van der Waals surface area contributed by atoms with E-state index in [0.717, 1.165) is 35.7 Å². The van der Waals surface area contributed by atoms with E-state index in [-0.39, 0.29) is 0 Å². The Balaban J connectivity index is 3.15. The van der Waals surface area contributed by atoms with E-state index in [1.165, 1.54) is 0 Å². The highest BCUT2D eigenvalue weighted by Gasteiger charge is 2.13. The Hall–Kier alpha value is -1.12. The fourth-order valence-corrected chi connectivity index (χ4v) is 1.73. The van der Waals surface area contributed by atoms with Crippen LogP contribution in [0.2, 0.25) is 0 Å². The minimum atomic E-state index is 0.483. The first-order chi connectivity index (χ1) is 7.13. The molecule has 1 heterocycles. The van der Waals surface area contributed by atoms with Gasteiger partial charge < -0.3 is 5.32 Å². The third kappa shape index (κ3) is 2.46. The summed E-state index contributed by atoms with van der Waals surface area (Å²) in [5, 5.41) is 3.13. The molecule has 15 heavy (non-hydrogen) atoms. The first-order valence-corrected chi connectivity index (χ1v) is 5.66. The van der Waals surface area contributed by atoms with Crippen LogP contribution in [0.5, 0.6) is 0 Å². The van der Waals surface area contributed by atoms with Gasteiger partial charge in [0.25, 0.3) is 0 Å². The van der Waals surface area contributed by atoms with Crippen LogP contribution in [-0.4, -0.2) is 17.0 Å². The van der Waals surface area contributed by atoms with E-state index in [0.29, 0.717) is 5.92 Å². The molecular formula is C12H21N3. The highest BCUT2D eigenvalue weighted by molar-refractivity contribution is 5.45. The monoisotopic (exact) mass is 207 g/mol. The molecule has 0 fully saturated rings. The first-order valence-electron chi connectivity index (χ1n) is 5.66. The molecule has 0 bridgehead atoms. The standard InChI is InChI=1S/C12H21N3/c1-6-10(7-2)12-14-9(4)8(3)11(13-5)15-12/h10H,6-7H2,1-5H3,(H,13,14,15). The summed E-state index contributed by atoms with van der Waals surface area (Å²) in [6.07, 6.45) is 2.20. The molecule has 0 atom stereocenters. The maximum Gasteiger partial charge on any atom is 0.134 e. The summed E-state index contributed by atoms with van der Waals surface area (Å²) in [6.45, 7) is 8.47. The molecule has 3 heteroatoms. The summed E-state index contributed by atoms with van der Waals surface area (Å²) in [5.74, 6) is 2.42. The molecule has 0 aliphatic carbocycles. The van der Waals surface area contributed by atoms with Gasteiger partial charge in [0, 0.05) is 24.2 Å². The molecule has 0 unspecified atom stereocenters. The van der Waals surface area contributed by atoms with Crippen molar-refractivity contribution in [3.63, 3.8) is 0 Å². The van der Waals surface area contributed by atoms with Crippen LogP contribution in [-0.2, 0) is 0 Å². The number of nitrogens with one attached hydrogen (secondary N) is 1. The molecule has 1 rings (SSSR count). The lowest BCUT2D eigenvalue weighted by Gasteiger charge is -2.15. The Labute approximate surface area is 92.3 Å². The molecule has 1 aromatic rings. The van der Waals surface area contributed by atoms with Crippen molar-refractivity contribution in [3.8, 4) is 0 Å². The van der Waals surface area contributed by atoms with Crippen molar-refractivity contribution in [2.24, 2.45) is 0 Å². The van der Waals surface area contributed by atoms with Gasteiger partial charge in [-0.2, -0.15) is 0 Å². The summed E-state index contributed by atoms with van der Waals surface area (Å²) in [5.41, 5.74) is 2.23. The van der Waals surface area contributed by atoms with E-state index in [1.54, 1.807) is 0 Å². The fraction of sp³-hybridized carbons (Fsp3) is 0.667. The average Bonchev–Trinajstić information content (AvgIpc) is 2.24. The van der Waals surface area contributed by atoms with Gasteiger partial charge in [0.2, 0.25) is 0 Å². The van der Waals surface area contributed by atoms with Crippen molar-refractivity contribution in [3.05, 3.63) is 17.1 Å². The van der Waals surface area contributed by atoms with Crippen LogP contribution in [0.15, 0.2) is 0 Å². The van der Waals surface area contributed by atoms with Crippen molar-refractivity contribution in [2.45, 2.75) is 46.5 Å². The Bertz CT molecular complexity index is 330. The van der Waals surface area contributed by atoms with Crippen LogP contribution in [0, 0.1) is 13.8 Å². The molecule has 0 saturated heterocycles. The molecule has 0 saturated carbocycles. The lowest BCUT2D eigenvalue weighted by molar-refractivity contribution is 0.599. The van der Waals surface area contributed by atoms with E-state index < -0.39 is 0 Å². The van der Waals surface area contributed by atoms with Crippen molar-refractivity contribution in [1.29, 1.82) is 0 Å². The lowest BCUT2D eigenvalue weighted by Crippen LogP contribution is -2.08. The number of aromatic nitrogens is 2. The van der Waals surface area contributed by atoms with E-state index in [4.69, 9.17) is 0 Å². The third-order valence-corrected chi connectivity index (χ3v) is 2.99. The van der Waals surface area contributed by atoms with Gasteiger partial charge in [-0.1, -0.05) is 13.8 Å². The topological polar surface area (TPSA) is 37.8 Å². The molecule has 3 nitrogen and oxygen atoms in total. The van der Waals surface area contributed by atoms with Crippen LogP contribution < -0.4 is 5.32 Å². The fourth-order valence-electron chi connectivity index (χ4n) is 1.73. The molecule has 1 N–H and O–H groups in total. The van der Waals surface area contributed by atoms with Gasteiger partial charge in [-0.3, -0.25) is 0 Å². The minimum Gasteiger partial charge on any atom is -0.373 e. The zero-order valence-electron chi connectivity index (χ0n) is 10.4. The second kappa shape index (κ2) is 5.10. The molecular weight excluding hydrogens is 186 g/mol. The summed E-state index contributed by atoms with van der Waals surface area (Å²) in [4.78, 5) is 9.14. The number of nitrogens with zero attached hydrogens (tertiary/aromatic N) is 2. The minimum absolute atomic E-state index is 0.483. The van der Waals surface area contributed by atoms with Crippen molar-refractivity contribution in [2.75, 3.05) is 12.4 Å². The van der Waals surface area contributed by atoms with E-state index in [9.17, 15) is 0 Å². The van der Waals surface area contributed by atoms with Gasteiger partial charge in [0.15, 0.2) is 0 Å². The number of hydrogen-bond donors (Lipinski definition) is 1. The average molecular weight is 207 g/mol. The highest BCUT2D eigenvalue weighted by Crippen LogP contribution is 2.23. The summed E-state index contributed by atoms with van der Waals surface area (Å²) in [7, 11) is 1.91. The van der Waals surface area contributed by atoms with Gasteiger partial charge in [0.05, 0.1) is 0 Å². The maximum atomic E-state index is 4.57. The van der Waals surface area contributed by atoms with Crippen molar-refractivity contribution >= 4 is 5.82 Å². The summed E-state index contributed by atoms with van der Waals surface area (Å²) in [6, 6.07) is 0. The molecule has 0 aliphatic heterocycles. The van der Waals surface area contributed by atoms with Gasteiger partial charge >= 0.3 is 0 Å². The SMILES string of the molecule is CCC(CC)c1nc(C)c(C)c(NC)n1. The van der Waals surface area contributed by atoms with Crippen molar-refractivity contribution < 1.29 is 0 Å². The second-order valence-electron chi connectivity index (χ2n) is 3.90. The maximum absolute atomic E-state index is 4.57. The van der Waals surface area contributed by atoms with Gasteiger partial charge in [-0.05, 0) is 26.7 Å². The van der Waals surface area contributed by atoms with Gasteiger partial charge in [-0.15, -0.1) is 0 Å². The van der Waals surface area contributed by atoms with Crippen LogP contribution in [0.4, 0.5) is 5.82 Å². The largest absolute Gasteiger partial charge is 0.373 e. The second-order valence-corrected chi connectivity index (χ2v) is 3.90. The summed E-state index contributed by atoms with van der Waals surface area (Å²) >= 11 is 0. The Morgan fingerprint density at radius 3 is 2.20 bits per heavy atom. The van der Waals surface area contributed by atoms with Crippen LogP contribution in [0.1, 0.15) is 49.7 Å². The van der Waals surface area contributed by atoms with E-state index in [1.807, 2.05) is 14.0 Å². The van der Waals surface area contributed by atoms with Crippen LogP contribution in [0.25, 0.3) is 0 Å². The zero-order chi connectivity index (χ0) is 11.4. The molecule has 0 spiro atoms. The number of rotatable bonds is 4. The lowest BCUT2D eigenvalue weighted by atomic mass is 10.0. The number of hydrogen-bond acceptors (Lipinski definition) is 3. The van der Waals surface area contributed by atoms with Crippen LogP contribution in [0.3, 0.4) is 0 Å². The first kappa shape index (κ1) is 12.0. The molecule has 1 aromatic heterocycles. The molecule has 84 valence electrons. The van der Waals surface area contributed by atoms with E-state index >= 15 is 0 Å². The Morgan fingerprint density at radius 2 is 1.73 bits per heavy atom. The third-order valence-electron chi connectivity index (χ3n) is 2.99. The van der Waals surface area contributed by atoms with Crippen molar-refractivity contribution in [1.82, 2.24) is 9.97 Å². The van der Waals surface area contributed by atoms with Gasteiger partial charge in [-0.25, -0.2) is 9.97 Å². The predicted molar refractivity (Wildman–Crippen MR) is 64.4 cm³/mol. The Morgan fingerprint density at radius 1 is 1.13 bits per heavy atom. The molecule has 0 amide bonds. The number of anilines is 1.